The van der Waals surface area contributed by atoms with Crippen molar-refractivity contribution in [1.82, 2.24) is 15.5 Å². The molecule has 7 nitrogen and oxygen atoms in total. The first-order valence-corrected chi connectivity index (χ1v) is 6.75. The van der Waals surface area contributed by atoms with Crippen LogP contribution in [0, 0.1) is 0 Å². The van der Waals surface area contributed by atoms with E-state index in [0.29, 0.717) is 13.1 Å². The molecule has 1 rings (SSSR count). The molecule has 7 heteroatoms. The summed E-state index contributed by atoms with van der Waals surface area (Å²) in [5, 5.41) is 5.22. The number of nitrogens with zero attached hydrogens (tertiary/aromatic N) is 1. The molecule has 0 spiro atoms. The number of carbonyl (C=O) groups excluding carboxylic acids is 3. The molecule has 20 heavy (non-hydrogen) atoms. The molecule has 0 aromatic carbocycles. The third-order valence-electron chi connectivity index (χ3n) is 2.83. The van der Waals surface area contributed by atoms with Crippen molar-refractivity contribution in [1.29, 1.82) is 0 Å². The number of ether oxygens (including phenoxy) is 1. The highest BCUT2D eigenvalue weighted by Crippen LogP contribution is 2.07. The fourth-order valence-corrected chi connectivity index (χ4v) is 1.85. The van der Waals surface area contributed by atoms with Crippen LogP contribution in [0.15, 0.2) is 0 Å². The van der Waals surface area contributed by atoms with Crippen LogP contribution < -0.4 is 10.6 Å². The van der Waals surface area contributed by atoms with Gasteiger partial charge in [-0.1, -0.05) is 0 Å². The maximum atomic E-state index is 12.0. The molecule has 1 aliphatic rings. The lowest BCUT2D eigenvalue weighted by atomic mass is 10.2. The highest BCUT2D eigenvalue weighted by Gasteiger charge is 2.28. The zero-order chi connectivity index (χ0) is 15.3. The first-order chi connectivity index (χ1) is 9.20. The van der Waals surface area contributed by atoms with Crippen LogP contribution in [0.3, 0.4) is 0 Å². The van der Waals surface area contributed by atoms with Gasteiger partial charge in [0.25, 0.3) is 0 Å². The van der Waals surface area contributed by atoms with Gasteiger partial charge in [-0.25, -0.2) is 4.79 Å². The van der Waals surface area contributed by atoms with Crippen molar-refractivity contribution in [3.63, 3.8) is 0 Å². The van der Waals surface area contributed by atoms with Crippen LogP contribution in [0.5, 0.6) is 0 Å². The van der Waals surface area contributed by atoms with E-state index in [0.717, 1.165) is 0 Å². The molecule has 1 aliphatic heterocycles. The van der Waals surface area contributed by atoms with E-state index in [1.807, 2.05) is 0 Å². The lowest BCUT2D eigenvalue weighted by Gasteiger charge is -2.32. The average Bonchev–Trinajstić information content (AvgIpc) is 2.30. The van der Waals surface area contributed by atoms with Crippen LogP contribution in [0.4, 0.5) is 4.79 Å². The summed E-state index contributed by atoms with van der Waals surface area (Å²) in [6, 6.07) is -0.460. The van der Waals surface area contributed by atoms with Gasteiger partial charge in [0.2, 0.25) is 11.8 Å². The van der Waals surface area contributed by atoms with E-state index in [4.69, 9.17) is 4.74 Å². The van der Waals surface area contributed by atoms with E-state index in [2.05, 4.69) is 10.6 Å². The lowest BCUT2D eigenvalue weighted by Crippen LogP contribution is -2.56. The van der Waals surface area contributed by atoms with Crippen molar-refractivity contribution in [2.24, 2.45) is 0 Å². The molecule has 0 bridgehead atoms. The number of hydrogen-bond acceptors (Lipinski definition) is 4. The summed E-state index contributed by atoms with van der Waals surface area (Å²) in [5.41, 5.74) is -0.562. The molecule has 1 fully saturated rings. The largest absolute Gasteiger partial charge is 0.444 e. The second-order valence-corrected chi connectivity index (χ2v) is 5.73. The molecule has 1 heterocycles. The van der Waals surface area contributed by atoms with Crippen LogP contribution in [-0.4, -0.2) is 54.1 Å². The molecule has 0 saturated carbocycles. The SMILES string of the molecule is CC1C(=O)NCCN1C(=O)CCNC(=O)OC(C)(C)C. The zero-order valence-electron chi connectivity index (χ0n) is 12.5. The van der Waals surface area contributed by atoms with Crippen LogP contribution in [0.1, 0.15) is 34.1 Å². The predicted octanol–water partition coefficient (Wildman–Crippen LogP) is 0.248. The topological polar surface area (TPSA) is 87.7 Å². The van der Waals surface area contributed by atoms with E-state index >= 15 is 0 Å². The Morgan fingerprint density at radius 2 is 2.10 bits per heavy atom. The van der Waals surface area contributed by atoms with Crippen molar-refractivity contribution in [2.75, 3.05) is 19.6 Å². The molecule has 0 aromatic heterocycles. The van der Waals surface area contributed by atoms with E-state index in [1.165, 1.54) is 4.90 Å². The van der Waals surface area contributed by atoms with Crippen molar-refractivity contribution < 1.29 is 19.1 Å². The van der Waals surface area contributed by atoms with E-state index < -0.39 is 17.7 Å². The van der Waals surface area contributed by atoms with Gasteiger partial charge in [0.1, 0.15) is 11.6 Å². The molecule has 114 valence electrons. The minimum absolute atomic E-state index is 0.148. The normalized spacial score (nSPS) is 19.3. The quantitative estimate of drug-likeness (QED) is 0.778. The number of hydrogen-bond donors (Lipinski definition) is 2. The Balaban J connectivity index is 2.33. The molecule has 1 saturated heterocycles. The minimum atomic E-state index is -0.562. The lowest BCUT2D eigenvalue weighted by molar-refractivity contribution is -0.142. The molecule has 0 aromatic rings. The number of rotatable bonds is 3. The molecule has 1 atom stereocenters. The van der Waals surface area contributed by atoms with E-state index in [-0.39, 0.29) is 24.8 Å². The minimum Gasteiger partial charge on any atom is -0.444 e. The summed E-state index contributed by atoms with van der Waals surface area (Å²) in [4.78, 5) is 36.4. The van der Waals surface area contributed by atoms with Gasteiger partial charge in [0.15, 0.2) is 0 Å². The van der Waals surface area contributed by atoms with Crippen molar-refractivity contribution in [2.45, 2.75) is 45.8 Å². The van der Waals surface area contributed by atoms with Gasteiger partial charge in [-0.3, -0.25) is 9.59 Å². The highest BCUT2D eigenvalue weighted by atomic mass is 16.6. The molecular weight excluding hydrogens is 262 g/mol. The van der Waals surface area contributed by atoms with Crippen LogP contribution in [-0.2, 0) is 14.3 Å². The Morgan fingerprint density at radius 1 is 1.45 bits per heavy atom. The van der Waals surface area contributed by atoms with Crippen molar-refractivity contribution in [3.8, 4) is 0 Å². The Hall–Kier alpha value is -1.79. The second-order valence-electron chi connectivity index (χ2n) is 5.73. The Bertz CT molecular complexity index is 390. The van der Waals surface area contributed by atoms with Gasteiger partial charge in [-0.15, -0.1) is 0 Å². The number of nitrogens with one attached hydrogen (secondary N) is 2. The number of alkyl carbamates (subject to hydrolysis) is 1. The molecule has 2 N–H and O–H groups in total. The van der Waals surface area contributed by atoms with Gasteiger partial charge in [-0.05, 0) is 27.7 Å². The summed E-state index contributed by atoms with van der Waals surface area (Å²) in [6.07, 6.45) is -0.397. The van der Waals surface area contributed by atoms with E-state index in [9.17, 15) is 14.4 Å². The van der Waals surface area contributed by atoms with Gasteiger partial charge in [-0.2, -0.15) is 0 Å². The molecule has 0 radical (unpaired) electrons. The summed E-state index contributed by atoms with van der Waals surface area (Å²) >= 11 is 0. The first kappa shape index (κ1) is 16.3. The first-order valence-electron chi connectivity index (χ1n) is 6.75. The molecule has 1 unspecified atom stereocenters. The van der Waals surface area contributed by atoms with Crippen LogP contribution >= 0.6 is 0 Å². The fourth-order valence-electron chi connectivity index (χ4n) is 1.85. The second kappa shape index (κ2) is 6.58. The van der Waals surface area contributed by atoms with Gasteiger partial charge >= 0.3 is 6.09 Å². The maximum absolute atomic E-state index is 12.0. The van der Waals surface area contributed by atoms with E-state index in [1.54, 1.807) is 27.7 Å². The van der Waals surface area contributed by atoms with Crippen molar-refractivity contribution >= 4 is 17.9 Å². The zero-order valence-corrected chi connectivity index (χ0v) is 12.5. The van der Waals surface area contributed by atoms with Crippen LogP contribution in [0.2, 0.25) is 0 Å². The number of amides is 3. The Morgan fingerprint density at radius 3 is 2.70 bits per heavy atom. The highest BCUT2D eigenvalue weighted by molar-refractivity contribution is 5.88. The monoisotopic (exact) mass is 285 g/mol. The maximum Gasteiger partial charge on any atom is 0.407 e. The summed E-state index contributed by atoms with van der Waals surface area (Å²) in [6.45, 7) is 8.15. The third-order valence-corrected chi connectivity index (χ3v) is 2.83. The van der Waals surface area contributed by atoms with Gasteiger partial charge in [0, 0.05) is 26.1 Å². The standard InChI is InChI=1S/C13H23N3O4/c1-9-11(18)14-7-8-16(9)10(17)5-6-15-12(19)20-13(2,3)4/h9H,5-8H2,1-4H3,(H,14,18)(H,15,19). The Kier molecular flexibility index (Phi) is 5.35. The van der Waals surface area contributed by atoms with Gasteiger partial charge in [0.05, 0.1) is 0 Å². The smallest absolute Gasteiger partial charge is 0.407 e. The van der Waals surface area contributed by atoms with Gasteiger partial charge < -0.3 is 20.3 Å². The predicted molar refractivity (Wildman–Crippen MR) is 73.0 cm³/mol. The third kappa shape index (κ3) is 5.07. The fraction of sp³-hybridized carbons (Fsp3) is 0.769. The summed E-state index contributed by atoms with van der Waals surface area (Å²) in [5.74, 6) is -0.298. The Labute approximate surface area is 119 Å². The average molecular weight is 285 g/mol. The van der Waals surface area contributed by atoms with Crippen molar-refractivity contribution in [3.05, 3.63) is 0 Å². The number of carbonyl (C=O) groups is 3. The molecular formula is C13H23N3O4. The molecule has 3 amide bonds. The summed E-state index contributed by atoms with van der Waals surface area (Å²) < 4.78 is 5.06. The summed E-state index contributed by atoms with van der Waals surface area (Å²) in [7, 11) is 0. The number of piperazine rings is 1. The van der Waals surface area contributed by atoms with Crippen LogP contribution in [0.25, 0.3) is 0 Å². The molecule has 0 aliphatic carbocycles.